The quantitative estimate of drug-likeness (QED) is 0.384. The first-order valence-corrected chi connectivity index (χ1v) is 10.4. The summed E-state index contributed by atoms with van der Waals surface area (Å²) >= 11 is 0. The SMILES string of the molecule is CN=C(NCCCOCc1ccco1)NCC1(c2ccccc2C)CCOCC1. The fraction of sp³-hybridized carbons (Fsp3) is 0.522. The molecular formula is C23H33N3O3. The molecule has 0 spiro atoms. The maximum Gasteiger partial charge on any atom is 0.191 e. The second-order valence-electron chi connectivity index (χ2n) is 7.55. The van der Waals surface area contributed by atoms with Crippen molar-refractivity contribution in [2.75, 3.05) is 40.0 Å². The molecule has 0 unspecified atom stereocenters. The van der Waals surface area contributed by atoms with E-state index in [-0.39, 0.29) is 5.41 Å². The number of aryl methyl sites for hydroxylation is 1. The molecule has 0 aliphatic carbocycles. The highest BCUT2D eigenvalue weighted by molar-refractivity contribution is 5.79. The Balaban J connectivity index is 1.46. The number of furan rings is 1. The second kappa shape index (κ2) is 11.0. The lowest BCUT2D eigenvalue weighted by atomic mass is 9.72. The smallest absolute Gasteiger partial charge is 0.191 e. The molecule has 1 aromatic carbocycles. The minimum absolute atomic E-state index is 0.0768. The molecule has 1 aliphatic heterocycles. The molecule has 6 heteroatoms. The summed E-state index contributed by atoms with van der Waals surface area (Å²) in [5.41, 5.74) is 2.83. The first kappa shape index (κ1) is 21.4. The van der Waals surface area contributed by atoms with Crippen LogP contribution in [0.3, 0.4) is 0 Å². The maximum absolute atomic E-state index is 5.65. The Hall–Kier alpha value is -2.31. The largest absolute Gasteiger partial charge is 0.467 e. The van der Waals surface area contributed by atoms with Crippen molar-refractivity contribution in [3.63, 3.8) is 0 Å². The standard InChI is InChI=1S/C23H33N3O3/c1-19-7-3-4-9-21(19)23(10-15-27-16-11-23)18-26-22(24-2)25-12-6-13-28-17-20-8-5-14-29-20/h3-5,7-9,14H,6,10-13,15-18H2,1-2H3,(H2,24,25,26). The van der Waals surface area contributed by atoms with Gasteiger partial charge in [-0.3, -0.25) is 4.99 Å². The highest BCUT2D eigenvalue weighted by Crippen LogP contribution is 2.36. The molecule has 1 saturated heterocycles. The van der Waals surface area contributed by atoms with E-state index in [1.54, 1.807) is 6.26 Å². The van der Waals surface area contributed by atoms with Crippen LogP contribution in [0.1, 0.15) is 36.1 Å². The zero-order chi connectivity index (χ0) is 20.4. The number of benzene rings is 1. The van der Waals surface area contributed by atoms with Crippen LogP contribution in [-0.4, -0.2) is 45.9 Å². The van der Waals surface area contributed by atoms with Crippen LogP contribution in [0.4, 0.5) is 0 Å². The number of rotatable bonds is 9. The van der Waals surface area contributed by atoms with Gasteiger partial charge in [0.25, 0.3) is 0 Å². The van der Waals surface area contributed by atoms with Crippen LogP contribution in [0, 0.1) is 6.92 Å². The summed E-state index contributed by atoms with van der Waals surface area (Å²) in [4.78, 5) is 4.39. The molecule has 0 amide bonds. The van der Waals surface area contributed by atoms with E-state index in [4.69, 9.17) is 13.9 Å². The van der Waals surface area contributed by atoms with Gasteiger partial charge in [0.2, 0.25) is 0 Å². The molecule has 0 saturated carbocycles. The molecule has 0 atom stereocenters. The van der Waals surface area contributed by atoms with Crippen LogP contribution in [0.2, 0.25) is 0 Å². The summed E-state index contributed by atoms with van der Waals surface area (Å²) in [6, 6.07) is 12.5. The van der Waals surface area contributed by atoms with Crippen LogP contribution in [-0.2, 0) is 21.5 Å². The van der Waals surface area contributed by atoms with Crippen LogP contribution in [0.25, 0.3) is 0 Å². The fourth-order valence-electron chi connectivity index (χ4n) is 3.89. The number of nitrogens with zero attached hydrogens (tertiary/aromatic N) is 1. The van der Waals surface area contributed by atoms with Crippen molar-refractivity contribution in [1.29, 1.82) is 0 Å². The Labute approximate surface area is 173 Å². The average Bonchev–Trinajstić information content (AvgIpc) is 3.27. The van der Waals surface area contributed by atoms with E-state index in [1.807, 2.05) is 19.2 Å². The molecule has 6 nitrogen and oxygen atoms in total. The van der Waals surface area contributed by atoms with E-state index in [2.05, 4.69) is 46.8 Å². The van der Waals surface area contributed by atoms with Gasteiger partial charge in [-0.15, -0.1) is 0 Å². The summed E-state index contributed by atoms with van der Waals surface area (Å²) in [6.45, 7) is 6.64. The Morgan fingerprint density at radius 3 is 2.69 bits per heavy atom. The highest BCUT2D eigenvalue weighted by Gasteiger charge is 2.35. The molecule has 0 bridgehead atoms. The number of aliphatic imine (C=N–C) groups is 1. The Kier molecular flexibility index (Phi) is 8.14. The van der Waals surface area contributed by atoms with Gasteiger partial charge in [-0.25, -0.2) is 0 Å². The molecule has 3 rings (SSSR count). The predicted molar refractivity (Wildman–Crippen MR) is 115 cm³/mol. The Bertz CT molecular complexity index is 752. The molecule has 0 radical (unpaired) electrons. The third-order valence-corrected chi connectivity index (χ3v) is 5.57. The highest BCUT2D eigenvalue weighted by atomic mass is 16.5. The topological polar surface area (TPSA) is 68.0 Å². The van der Waals surface area contributed by atoms with Crippen molar-refractivity contribution < 1.29 is 13.9 Å². The molecule has 2 heterocycles. The molecule has 1 aliphatic rings. The van der Waals surface area contributed by atoms with Gasteiger partial charge in [0.1, 0.15) is 12.4 Å². The van der Waals surface area contributed by atoms with Crippen LogP contribution >= 0.6 is 0 Å². The molecule has 29 heavy (non-hydrogen) atoms. The average molecular weight is 400 g/mol. The van der Waals surface area contributed by atoms with Gasteiger partial charge in [0.05, 0.1) is 6.26 Å². The number of ether oxygens (including phenoxy) is 2. The van der Waals surface area contributed by atoms with Crippen molar-refractivity contribution in [3.05, 3.63) is 59.5 Å². The number of hydrogen-bond donors (Lipinski definition) is 2. The minimum Gasteiger partial charge on any atom is -0.467 e. The zero-order valence-corrected chi connectivity index (χ0v) is 17.6. The van der Waals surface area contributed by atoms with Gasteiger partial charge < -0.3 is 24.5 Å². The lowest BCUT2D eigenvalue weighted by Crippen LogP contribution is -2.48. The third-order valence-electron chi connectivity index (χ3n) is 5.57. The second-order valence-corrected chi connectivity index (χ2v) is 7.55. The number of nitrogens with one attached hydrogen (secondary N) is 2. The molecule has 158 valence electrons. The maximum atomic E-state index is 5.65. The van der Waals surface area contributed by atoms with Crippen molar-refractivity contribution in [2.45, 2.75) is 38.2 Å². The molecule has 2 N–H and O–H groups in total. The third kappa shape index (κ3) is 6.08. The zero-order valence-electron chi connectivity index (χ0n) is 17.6. The van der Waals surface area contributed by atoms with Gasteiger partial charge in [-0.1, -0.05) is 24.3 Å². The molecular weight excluding hydrogens is 366 g/mol. The summed E-state index contributed by atoms with van der Waals surface area (Å²) in [5.74, 6) is 1.68. The van der Waals surface area contributed by atoms with Crippen molar-refractivity contribution >= 4 is 5.96 Å². The van der Waals surface area contributed by atoms with Crippen LogP contribution in [0.5, 0.6) is 0 Å². The van der Waals surface area contributed by atoms with Gasteiger partial charge >= 0.3 is 0 Å². The number of guanidine groups is 1. The minimum atomic E-state index is 0.0768. The van der Waals surface area contributed by atoms with Crippen LogP contribution in [0.15, 0.2) is 52.1 Å². The Morgan fingerprint density at radius 2 is 1.97 bits per heavy atom. The predicted octanol–water partition coefficient (Wildman–Crippen LogP) is 3.41. The van der Waals surface area contributed by atoms with E-state index < -0.39 is 0 Å². The number of hydrogen-bond acceptors (Lipinski definition) is 4. The summed E-state index contributed by atoms with van der Waals surface area (Å²) in [5, 5.41) is 6.94. The van der Waals surface area contributed by atoms with Gasteiger partial charge in [-0.05, 0) is 49.4 Å². The molecule has 1 fully saturated rings. The van der Waals surface area contributed by atoms with E-state index in [9.17, 15) is 0 Å². The van der Waals surface area contributed by atoms with E-state index in [1.165, 1.54) is 11.1 Å². The van der Waals surface area contributed by atoms with E-state index >= 15 is 0 Å². The van der Waals surface area contributed by atoms with Crippen molar-refractivity contribution in [2.24, 2.45) is 4.99 Å². The normalized spacial score (nSPS) is 16.6. The van der Waals surface area contributed by atoms with Crippen molar-refractivity contribution in [3.8, 4) is 0 Å². The Morgan fingerprint density at radius 1 is 1.14 bits per heavy atom. The van der Waals surface area contributed by atoms with Gasteiger partial charge in [0.15, 0.2) is 5.96 Å². The van der Waals surface area contributed by atoms with Gasteiger partial charge in [0, 0.05) is 45.4 Å². The lowest BCUT2D eigenvalue weighted by Gasteiger charge is -2.39. The molecule has 1 aromatic heterocycles. The summed E-state index contributed by atoms with van der Waals surface area (Å²) < 4.78 is 16.5. The molecule has 2 aromatic rings. The van der Waals surface area contributed by atoms with E-state index in [0.29, 0.717) is 13.2 Å². The first-order valence-electron chi connectivity index (χ1n) is 10.4. The summed E-state index contributed by atoms with van der Waals surface area (Å²) in [7, 11) is 1.81. The first-order chi connectivity index (χ1) is 14.2. The van der Waals surface area contributed by atoms with Crippen LogP contribution < -0.4 is 10.6 Å². The van der Waals surface area contributed by atoms with Crippen molar-refractivity contribution in [1.82, 2.24) is 10.6 Å². The van der Waals surface area contributed by atoms with E-state index in [0.717, 1.165) is 57.3 Å². The monoisotopic (exact) mass is 399 g/mol. The lowest BCUT2D eigenvalue weighted by molar-refractivity contribution is 0.0511. The summed E-state index contributed by atoms with van der Waals surface area (Å²) in [6.07, 6.45) is 4.60. The fourth-order valence-corrected chi connectivity index (χ4v) is 3.89. The van der Waals surface area contributed by atoms with Gasteiger partial charge in [-0.2, -0.15) is 0 Å².